The molecule has 0 spiro atoms. The molecule has 0 bridgehead atoms. The van der Waals surface area contributed by atoms with Crippen molar-refractivity contribution in [3.63, 3.8) is 0 Å². The van der Waals surface area contributed by atoms with Crippen molar-refractivity contribution in [1.29, 1.82) is 0 Å². The Bertz CT molecular complexity index is 439. The number of carbonyl (C=O) groups excluding carboxylic acids is 1. The van der Waals surface area contributed by atoms with Gasteiger partial charge in [0, 0.05) is 32.7 Å². The van der Waals surface area contributed by atoms with E-state index in [2.05, 4.69) is 10.6 Å². The third-order valence-corrected chi connectivity index (χ3v) is 3.43. The van der Waals surface area contributed by atoms with Crippen molar-refractivity contribution in [3.8, 4) is 0 Å². The number of methoxy groups -OCH3 is 1. The smallest absolute Gasteiger partial charge is 0.225 e. The molecule has 2 N–H and O–H groups in total. The molecule has 1 amide bonds. The highest BCUT2D eigenvalue weighted by Crippen LogP contribution is 2.28. The molecule has 2 unspecified atom stereocenters. The summed E-state index contributed by atoms with van der Waals surface area (Å²) in [5.74, 6) is -0.392. The average Bonchev–Trinajstić information content (AvgIpc) is 2.88. The molecule has 1 aromatic carbocycles. The molecule has 19 heavy (non-hydrogen) atoms. The van der Waals surface area contributed by atoms with Crippen molar-refractivity contribution < 1.29 is 13.9 Å². The Morgan fingerprint density at radius 3 is 3.11 bits per heavy atom. The molecule has 0 radical (unpaired) electrons. The van der Waals surface area contributed by atoms with Gasteiger partial charge in [-0.25, -0.2) is 4.39 Å². The maximum absolute atomic E-state index is 13.3. The standard InChI is InChI=1S/C14H19FN2O2/c1-19-6-5-17-14(18)13-9-16-8-12(13)10-3-2-4-11(15)7-10/h2-4,7,12-13,16H,5-6,8-9H2,1H3,(H,17,18). The zero-order valence-electron chi connectivity index (χ0n) is 11.0. The molecule has 1 aliphatic heterocycles. The maximum atomic E-state index is 13.3. The Kier molecular flexibility index (Phi) is 4.87. The van der Waals surface area contributed by atoms with E-state index in [0.717, 1.165) is 5.56 Å². The van der Waals surface area contributed by atoms with Crippen molar-refractivity contribution in [2.45, 2.75) is 5.92 Å². The summed E-state index contributed by atoms with van der Waals surface area (Å²) in [7, 11) is 1.60. The van der Waals surface area contributed by atoms with Gasteiger partial charge in [0.25, 0.3) is 0 Å². The van der Waals surface area contributed by atoms with E-state index < -0.39 is 0 Å². The highest BCUT2D eigenvalue weighted by atomic mass is 19.1. The van der Waals surface area contributed by atoms with E-state index in [1.807, 2.05) is 6.07 Å². The quantitative estimate of drug-likeness (QED) is 0.778. The van der Waals surface area contributed by atoms with Gasteiger partial charge in [0.15, 0.2) is 0 Å². The minimum Gasteiger partial charge on any atom is -0.383 e. The van der Waals surface area contributed by atoms with Gasteiger partial charge in [0.05, 0.1) is 12.5 Å². The lowest BCUT2D eigenvalue weighted by atomic mass is 9.88. The van der Waals surface area contributed by atoms with Crippen LogP contribution in [0.5, 0.6) is 0 Å². The van der Waals surface area contributed by atoms with Crippen LogP contribution in [0.15, 0.2) is 24.3 Å². The number of hydrogen-bond donors (Lipinski definition) is 2. The maximum Gasteiger partial charge on any atom is 0.225 e. The van der Waals surface area contributed by atoms with Gasteiger partial charge in [-0.2, -0.15) is 0 Å². The summed E-state index contributed by atoms with van der Waals surface area (Å²) < 4.78 is 18.2. The fourth-order valence-electron chi connectivity index (χ4n) is 2.45. The van der Waals surface area contributed by atoms with Crippen LogP contribution in [0, 0.1) is 11.7 Å². The van der Waals surface area contributed by atoms with Crippen LogP contribution in [0.4, 0.5) is 4.39 Å². The fraction of sp³-hybridized carbons (Fsp3) is 0.500. The minimum absolute atomic E-state index is 0.00342. The van der Waals surface area contributed by atoms with E-state index in [1.54, 1.807) is 13.2 Å². The van der Waals surface area contributed by atoms with Gasteiger partial charge in [-0.15, -0.1) is 0 Å². The van der Waals surface area contributed by atoms with E-state index in [9.17, 15) is 9.18 Å². The largest absolute Gasteiger partial charge is 0.383 e. The van der Waals surface area contributed by atoms with E-state index in [-0.39, 0.29) is 23.6 Å². The second-order valence-electron chi connectivity index (χ2n) is 4.71. The highest BCUT2D eigenvalue weighted by molar-refractivity contribution is 5.80. The molecule has 2 atom stereocenters. The molecule has 1 saturated heterocycles. The van der Waals surface area contributed by atoms with Crippen LogP contribution >= 0.6 is 0 Å². The van der Waals surface area contributed by atoms with E-state index in [4.69, 9.17) is 4.74 Å². The van der Waals surface area contributed by atoms with Crippen molar-refractivity contribution in [3.05, 3.63) is 35.6 Å². The van der Waals surface area contributed by atoms with Crippen LogP contribution in [0.1, 0.15) is 11.5 Å². The Balaban J connectivity index is 2.02. The first kappa shape index (κ1) is 14.0. The lowest BCUT2D eigenvalue weighted by Gasteiger charge is -2.18. The summed E-state index contributed by atoms with van der Waals surface area (Å²) in [5, 5.41) is 6.04. The molecular formula is C14H19FN2O2. The number of amides is 1. The third-order valence-electron chi connectivity index (χ3n) is 3.43. The fourth-order valence-corrected chi connectivity index (χ4v) is 2.45. The second kappa shape index (κ2) is 6.63. The molecular weight excluding hydrogens is 247 g/mol. The lowest BCUT2D eigenvalue weighted by Crippen LogP contribution is -2.36. The molecule has 1 aliphatic rings. The van der Waals surface area contributed by atoms with Gasteiger partial charge in [-0.1, -0.05) is 12.1 Å². The number of carbonyl (C=O) groups is 1. The Morgan fingerprint density at radius 2 is 2.37 bits per heavy atom. The Labute approximate surface area is 112 Å². The molecule has 4 nitrogen and oxygen atoms in total. The predicted molar refractivity (Wildman–Crippen MR) is 70.4 cm³/mol. The summed E-state index contributed by atoms with van der Waals surface area (Å²) in [6, 6.07) is 6.48. The lowest BCUT2D eigenvalue weighted by molar-refractivity contribution is -0.125. The molecule has 1 fully saturated rings. The van der Waals surface area contributed by atoms with Gasteiger partial charge < -0.3 is 15.4 Å². The zero-order valence-corrected chi connectivity index (χ0v) is 11.0. The summed E-state index contributed by atoms with van der Waals surface area (Å²) in [5.41, 5.74) is 0.872. The van der Waals surface area contributed by atoms with Crippen LogP contribution in [0.3, 0.4) is 0 Å². The molecule has 1 aromatic rings. The van der Waals surface area contributed by atoms with Crippen molar-refractivity contribution >= 4 is 5.91 Å². The normalized spacial score (nSPS) is 22.4. The van der Waals surface area contributed by atoms with Crippen molar-refractivity contribution in [2.24, 2.45) is 5.92 Å². The van der Waals surface area contributed by atoms with Gasteiger partial charge in [-0.05, 0) is 17.7 Å². The van der Waals surface area contributed by atoms with E-state index in [0.29, 0.717) is 26.2 Å². The molecule has 0 aliphatic carbocycles. The Hall–Kier alpha value is -1.46. The van der Waals surface area contributed by atoms with Crippen molar-refractivity contribution in [1.82, 2.24) is 10.6 Å². The van der Waals surface area contributed by atoms with Crippen LogP contribution in [-0.4, -0.2) is 39.3 Å². The molecule has 1 heterocycles. The first-order valence-electron chi connectivity index (χ1n) is 6.45. The monoisotopic (exact) mass is 266 g/mol. The summed E-state index contributed by atoms with van der Waals surface area (Å²) in [6.07, 6.45) is 0. The number of rotatable bonds is 5. The minimum atomic E-state index is -0.261. The summed E-state index contributed by atoms with van der Waals surface area (Å²) in [6.45, 7) is 2.32. The molecule has 5 heteroatoms. The highest BCUT2D eigenvalue weighted by Gasteiger charge is 2.33. The number of ether oxygens (including phenoxy) is 1. The molecule has 104 valence electrons. The van der Waals surface area contributed by atoms with Crippen LogP contribution in [-0.2, 0) is 9.53 Å². The Morgan fingerprint density at radius 1 is 1.53 bits per heavy atom. The van der Waals surface area contributed by atoms with Crippen molar-refractivity contribution in [2.75, 3.05) is 33.4 Å². The number of hydrogen-bond acceptors (Lipinski definition) is 3. The van der Waals surface area contributed by atoms with E-state index >= 15 is 0 Å². The average molecular weight is 266 g/mol. The SMILES string of the molecule is COCCNC(=O)C1CNCC1c1cccc(F)c1. The number of halogens is 1. The van der Waals surface area contributed by atoms with E-state index in [1.165, 1.54) is 12.1 Å². The zero-order chi connectivity index (χ0) is 13.7. The molecule has 0 saturated carbocycles. The van der Waals surface area contributed by atoms with Gasteiger partial charge in [-0.3, -0.25) is 4.79 Å². The first-order chi connectivity index (χ1) is 9.22. The second-order valence-corrected chi connectivity index (χ2v) is 4.71. The van der Waals surface area contributed by atoms with Crippen LogP contribution < -0.4 is 10.6 Å². The van der Waals surface area contributed by atoms with Crippen LogP contribution in [0.25, 0.3) is 0 Å². The first-order valence-corrected chi connectivity index (χ1v) is 6.45. The number of benzene rings is 1. The van der Waals surface area contributed by atoms with Gasteiger partial charge >= 0.3 is 0 Å². The summed E-state index contributed by atoms with van der Waals surface area (Å²) >= 11 is 0. The van der Waals surface area contributed by atoms with Gasteiger partial charge in [0.2, 0.25) is 5.91 Å². The molecule has 2 rings (SSSR count). The van der Waals surface area contributed by atoms with Crippen LogP contribution in [0.2, 0.25) is 0 Å². The van der Waals surface area contributed by atoms with Gasteiger partial charge in [0.1, 0.15) is 5.82 Å². The summed E-state index contributed by atoms with van der Waals surface area (Å²) in [4.78, 5) is 12.1. The third kappa shape index (κ3) is 3.52. The predicted octanol–water partition coefficient (Wildman–Crippen LogP) is 0.891. The molecule has 0 aromatic heterocycles. The number of nitrogens with one attached hydrogen (secondary N) is 2. The topological polar surface area (TPSA) is 50.4 Å².